The van der Waals surface area contributed by atoms with Gasteiger partial charge in [-0.05, 0) is 31.9 Å². The van der Waals surface area contributed by atoms with Crippen LogP contribution in [0.5, 0.6) is 0 Å². The molecule has 7 heteroatoms. The average molecular weight is 298 g/mol. The molecule has 1 heterocycles. The highest BCUT2D eigenvalue weighted by molar-refractivity contribution is 5.90. The number of halogens is 2. The van der Waals surface area contributed by atoms with Gasteiger partial charge in [0.05, 0.1) is 5.92 Å². The Balaban J connectivity index is 2.17. The van der Waals surface area contributed by atoms with Gasteiger partial charge in [-0.15, -0.1) is 0 Å². The zero-order chi connectivity index (χ0) is 15.7. The molecule has 0 aromatic heterocycles. The smallest absolute Gasteiger partial charge is 0.322 e. The summed E-state index contributed by atoms with van der Waals surface area (Å²) < 4.78 is 27.5. The van der Waals surface area contributed by atoms with E-state index in [-0.39, 0.29) is 12.1 Å². The highest BCUT2D eigenvalue weighted by atomic mass is 19.1. The molecule has 2 rings (SSSR count). The quantitative estimate of drug-likeness (QED) is 0.881. The van der Waals surface area contributed by atoms with Crippen LogP contribution in [0, 0.1) is 24.5 Å². The van der Waals surface area contributed by atoms with Crippen molar-refractivity contribution < 1.29 is 23.5 Å². The number of anilines is 1. The molecule has 2 N–H and O–H groups in total. The summed E-state index contributed by atoms with van der Waals surface area (Å²) in [5.74, 6) is -3.34. The number of hydrogen-bond acceptors (Lipinski definition) is 2. The van der Waals surface area contributed by atoms with Crippen molar-refractivity contribution in [2.24, 2.45) is 5.92 Å². The van der Waals surface area contributed by atoms with Crippen LogP contribution < -0.4 is 5.32 Å². The van der Waals surface area contributed by atoms with Crippen LogP contribution in [-0.2, 0) is 4.79 Å². The van der Waals surface area contributed by atoms with E-state index in [9.17, 15) is 18.4 Å². The van der Waals surface area contributed by atoms with E-state index in [0.29, 0.717) is 6.42 Å². The normalized spacial score (nSPS) is 21.4. The Morgan fingerprint density at radius 3 is 2.62 bits per heavy atom. The summed E-state index contributed by atoms with van der Waals surface area (Å²) in [5.41, 5.74) is -0.296. The predicted octanol–water partition coefficient (Wildman–Crippen LogP) is 2.60. The highest BCUT2D eigenvalue weighted by Crippen LogP contribution is 2.27. The van der Waals surface area contributed by atoms with Crippen LogP contribution in [0.4, 0.5) is 19.3 Å². The number of urea groups is 1. The first kappa shape index (κ1) is 15.2. The summed E-state index contributed by atoms with van der Waals surface area (Å²) in [6.07, 6.45) is 0.322. The van der Waals surface area contributed by atoms with Crippen molar-refractivity contribution in [1.29, 1.82) is 0 Å². The molecule has 1 fully saturated rings. The minimum atomic E-state index is -0.981. The van der Waals surface area contributed by atoms with E-state index >= 15 is 0 Å². The van der Waals surface area contributed by atoms with Crippen LogP contribution in [0.25, 0.3) is 0 Å². The van der Waals surface area contributed by atoms with Crippen molar-refractivity contribution in [3.63, 3.8) is 0 Å². The van der Waals surface area contributed by atoms with Gasteiger partial charge in [0.1, 0.15) is 11.5 Å². The van der Waals surface area contributed by atoms with Crippen molar-refractivity contribution in [3.8, 4) is 0 Å². The Kier molecular flexibility index (Phi) is 4.11. The Morgan fingerprint density at radius 1 is 1.38 bits per heavy atom. The molecular formula is C14H16F2N2O3. The molecule has 2 amide bonds. The standard InChI is InChI=1S/C14H16F2N2O3/c1-7-3-4-10(15)12(11(7)16)17-14(21)18-6-5-9(8(18)2)13(19)20/h3-4,8-9H,5-6H2,1-2H3,(H,17,21)(H,19,20). The summed E-state index contributed by atoms with van der Waals surface area (Å²) in [7, 11) is 0. The molecule has 0 bridgehead atoms. The fourth-order valence-electron chi connectivity index (χ4n) is 2.51. The molecule has 2 atom stereocenters. The van der Waals surface area contributed by atoms with E-state index in [4.69, 9.17) is 5.11 Å². The van der Waals surface area contributed by atoms with Crippen LogP contribution in [-0.4, -0.2) is 34.6 Å². The van der Waals surface area contributed by atoms with E-state index in [0.717, 1.165) is 6.07 Å². The molecular weight excluding hydrogens is 282 g/mol. The number of benzene rings is 1. The Labute approximate surface area is 120 Å². The number of carbonyl (C=O) groups excluding carboxylic acids is 1. The molecule has 1 aliphatic heterocycles. The topological polar surface area (TPSA) is 69.6 Å². The third-order valence-electron chi connectivity index (χ3n) is 3.85. The molecule has 1 saturated heterocycles. The number of carboxylic acid groups (broad SMARTS) is 1. The lowest BCUT2D eigenvalue weighted by atomic mass is 10.0. The van der Waals surface area contributed by atoms with Gasteiger partial charge in [0.2, 0.25) is 0 Å². The van der Waals surface area contributed by atoms with Gasteiger partial charge in [0.15, 0.2) is 5.82 Å². The lowest BCUT2D eigenvalue weighted by Gasteiger charge is -2.24. The van der Waals surface area contributed by atoms with Gasteiger partial charge in [-0.25, -0.2) is 13.6 Å². The number of aliphatic carboxylic acids is 1. The number of carboxylic acids is 1. The number of nitrogens with one attached hydrogen (secondary N) is 1. The van der Waals surface area contributed by atoms with Gasteiger partial charge < -0.3 is 15.3 Å². The molecule has 0 radical (unpaired) electrons. The molecule has 0 saturated carbocycles. The van der Waals surface area contributed by atoms with Crippen LogP contribution in [0.3, 0.4) is 0 Å². The minimum Gasteiger partial charge on any atom is -0.481 e. The first-order valence-electron chi connectivity index (χ1n) is 6.58. The van der Waals surface area contributed by atoms with Gasteiger partial charge in [0.25, 0.3) is 0 Å². The molecule has 1 aromatic rings. The number of nitrogens with zero attached hydrogens (tertiary/aromatic N) is 1. The number of likely N-dealkylation sites (tertiary alicyclic amines) is 1. The minimum absolute atomic E-state index is 0.213. The van der Waals surface area contributed by atoms with Crippen molar-refractivity contribution in [3.05, 3.63) is 29.3 Å². The van der Waals surface area contributed by atoms with Gasteiger partial charge in [-0.2, -0.15) is 0 Å². The maximum atomic E-state index is 13.8. The van der Waals surface area contributed by atoms with E-state index in [1.165, 1.54) is 17.9 Å². The Morgan fingerprint density at radius 2 is 2.05 bits per heavy atom. The van der Waals surface area contributed by atoms with Crippen molar-refractivity contribution in [1.82, 2.24) is 4.90 Å². The highest BCUT2D eigenvalue weighted by Gasteiger charge is 2.38. The van der Waals surface area contributed by atoms with E-state index < -0.39 is 41.3 Å². The number of aryl methyl sites for hydroxylation is 1. The number of hydrogen-bond donors (Lipinski definition) is 2. The lowest BCUT2D eigenvalue weighted by molar-refractivity contribution is -0.142. The van der Waals surface area contributed by atoms with Crippen LogP contribution in [0.2, 0.25) is 0 Å². The maximum Gasteiger partial charge on any atom is 0.322 e. The third kappa shape index (κ3) is 2.81. The number of amides is 2. The Hall–Kier alpha value is -2.18. The summed E-state index contributed by atoms with van der Waals surface area (Å²) >= 11 is 0. The fourth-order valence-corrected chi connectivity index (χ4v) is 2.51. The largest absolute Gasteiger partial charge is 0.481 e. The second-order valence-corrected chi connectivity index (χ2v) is 5.15. The van der Waals surface area contributed by atoms with Crippen LogP contribution in [0.15, 0.2) is 12.1 Å². The SMILES string of the molecule is Cc1ccc(F)c(NC(=O)N2CCC(C(=O)O)C2C)c1F. The van der Waals surface area contributed by atoms with Gasteiger partial charge in [-0.1, -0.05) is 6.07 Å². The van der Waals surface area contributed by atoms with E-state index in [1.54, 1.807) is 6.92 Å². The molecule has 21 heavy (non-hydrogen) atoms. The maximum absolute atomic E-state index is 13.8. The summed E-state index contributed by atoms with van der Waals surface area (Å²) in [6, 6.07) is 1.12. The second-order valence-electron chi connectivity index (χ2n) is 5.15. The summed E-state index contributed by atoms with van der Waals surface area (Å²) in [5, 5.41) is 11.2. The molecule has 5 nitrogen and oxygen atoms in total. The van der Waals surface area contributed by atoms with Crippen molar-refractivity contribution in [2.45, 2.75) is 26.3 Å². The first-order chi connectivity index (χ1) is 9.82. The van der Waals surface area contributed by atoms with E-state index in [2.05, 4.69) is 5.32 Å². The molecule has 0 aliphatic carbocycles. The zero-order valence-corrected chi connectivity index (χ0v) is 11.7. The van der Waals surface area contributed by atoms with Crippen molar-refractivity contribution >= 4 is 17.7 Å². The van der Waals surface area contributed by atoms with Gasteiger partial charge in [0, 0.05) is 12.6 Å². The number of rotatable bonds is 2. The Bertz CT molecular complexity index is 592. The second kappa shape index (κ2) is 5.67. The predicted molar refractivity (Wildman–Crippen MR) is 72.0 cm³/mol. The molecule has 0 spiro atoms. The van der Waals surface area contributed by atoms with Gasteiger partial charge >= 0.3 is 12.0 Å². The van der Waals surface area contributed by atoms with E-state index in [1.807, 2.05) is 0 Å². The molecule has 1 aliphatic rings. The summed E-state index contributed by atoms with van der Waals surface area (Å²) in [4.78, 5) is 24.4. The molecule has 2 unspecified atom stereocenters. The van der Waals surface area contributed by atoms with Gasteiger partial charge in [-0.3, -0.25) is 4.79 Å². The summed E-state index contributed by atoms with van der Waals surface area (Å²) in [6.45, 7) is 3.30. The number of carbonyl (C=O) groups is 2. The van der Waals surface area contributed by atoms with Crippen LogP contribution in [0.1, 0.15) is 18.9 Å². The first-order valence-corrected chi connectivity index (χ1v) is 6.58. The van der Waals surface area contributed by atoms with Crippen molar-refractivity contribution in [2.75, 3.05) is 11.9 Å². The third-order valence-corrected chi connectivity index (χ3v) is 3.85. The monoisotopic (exact) mass is 298 g/mol. The lowest BCUT2D eigenvalue weighted by Crippen LogP contribution is -2.40. The van der Waals surface area contributed by atoms with Crippen LogP contribution >= 0.6 is 0 Å². The molecule has 1 aromatic carbocycles. The fraction of sp³-hybridized carbons (Fsp3) is 0.429. The molecule has 114 valence electrons. The zero-order valence-electron chi connectivity index (χ0n) is 11.7. The average Bonchev–Trinajstić information content (AvgIpc) is 2.81.